The van der Waals surface area contributed by atoms with E-state index in [1.165, 1.54) is 18.5 Å². The summed E-state index contributed by atoms with van der Waals surface area (Å²) in [4.78, 5) is 15.7. The summed E-state index contributed by atoms with van der Waals surface area (Å²) in [7, 11) is 0. The van der Waals surface area contributed by atoms with Crippen LogP contribution < -0.4 is 10.0 Å². The fourth-order valence-corrected chi connectivity index (χ4v) is 1.46. The molecule has 0 aliphatic carbocycles. The quantitative estimate of drug-likeness (QED) is 0.677. The molecule has 0 spiro atoms. The van der Waals surface area contributed by atoms with E-state index in [2.05, 4.69) is 26.2 Å². The lowest BCUT2D eigenvalue weighted by molar-refractivity contribution is -0.605. The van der Waals surface area contributed by atoms with Crippen LogP contribution in [0, 0.1) is 5.21 Å². The zero-order valence-corrected chi connectivity index (χ0v) is 10.2. The molecular formula is C11H8BrN3O2. The Morgan fingerprint density at radius 2 is 2.24 bits per heavy atom. The van der Waals surface area contributed by atoms with Crippen molar-refractivity contribution in [1.29, 1.82) is 0 Å². The average Bonchev–Trinajstić information content (AvgIpc) is 2.32. The number of pyridine rings is 2. The molecule has 0 unspecified atom stereocenters. The first-order valence-electron chi connectivity index (χ1n) is 4.77. The van der Waals surface area contributed by atoms with Crippen LogP contribution in [0.5, 0.6) is 0 Å². The molecule has 2 heterocycles. The maximum atomic E-state index is 11.7. The Balaban J connectivity index is 2.14. The second-order valence-electron chi connectivity index (χ2n) is 3.27. The number of carbonyl (C=O) groups excluding carboxylic acids is 1. The molecule has 17 heavy (non-hydrogen) atoms. The number of rotatable bonds is 2. The number of anilines is 1. The number of amides is 1. The third-order valence-corrected chi connectivity index (χ3v) is 2.48. The summed E-state index contributed by atoms with van der Waals surface area (Å²) < 4.78 is 1.40. The van der Waals surface area contributed by atoms with Gasteiger partial charge in [0.25, 0.3) is 5.91 Å². The number of hydrogen-bond acceptors (Lipinski definition) is 3. The topological polar surface area (TPSA) is 68.9 Å². The molecule has 0 saturated heterocycles. The van der Waals surface area contributed by atoms with Crippen LogP contribution in [-0.4, -0.2) is 10.9 Å². The lowest BCUT2D eigenvalue weighted by atomic mass is 10.2. The fourth-order valence-electron chi connectivity index (χ4n) is 1.23. The fraction of sp³-hybridized carbons (Fsp3) is 0. The van der Waals surface area contributed by atoms with Crippen LogP contribution in [0.25, 0.3) is 0 Å². The van der Waals surface area contributed by atoms with Gasteiger partial charge in [-0.3, -0.25) is 4.79 Å². The standard InChI is InChI=1S/C11H8BrN3O2/c12-9-3-4-10(13-6-9)14-11(16)8-2-1-5-15(17)7-8/h1-7H,(H,13,14,16). The van der Waals surface area contributed by atoms with E-state index in [0.717, 1.165) is 4.47 Å². The highest BCUT2D eigenvalue weighted by atomic mass is 79.9. The summed E-state index contributed by atoms with van der Waals surface area (Å²) in [6.45, 7) is 0. The maximum absolute atomic E-state index is 11.7. The smallest absolute Gasteiger partial charge is 0.262 e. The summed E-state index contributed by atoms with van der Waals surface area (Å²) >= 11 is 3.25. The van der Waals surface area contributed by atoms with Crippen molar-refractivity contribution in [2.75, 3.05) is 5.32 Å². The summed E-state index contributed by atoms with van der Waals surface area (Å²) in [6, 6.07) is 6.50. The van der Waals surface area contributed by atoms with Gasteiger partial charge >= 0.3 is 0 Å². The molecule has 1 amide bonds. The van der Waals surface area contributed by atoms with Crippen LogP contribution in [-0.2, 0) is 0 Å². The van der Waals surface area contributed by atoms with Gasteiger partial charge in [0.15, 0.2) is 12.4 Å². The predicted octanol–water partition coefficient (Wildman–Crippen LogP) is 1.73. The number of carbonyl (C=O) groups is 1. The van der Waals surface area contributed by atoms with Gasteiger partial charge in [-0.15, -0.1) is 0 Å². The highest BCUT2D eigenvalue weighted by Gasteiger charge is 2.09. The third kappa shape index (κ3) is 3.01. The van der Waals surface area contributed by atoms with Gasteiger partial charge in [-0.1, -0.05) is 0 Å². The van der Waals surface area contributed by atoms with E-state index in [1.54, 1.807) is 24.4 Å². The van der Waals surface area contributed by atoms with E-state index >= 15 is 0 Å². The summed E-state index contributed by atoms with van der Waals surface area (Å²) in [5, 5.41) is 13.6. The Labute approximate surface area is 106 Å². The van der Waals surface area contributed by atoms with Crippen LogP contribution in [0.1, 0.15) is 10.4 Å². The summed E-state index contributed by atoms with van der Waals surface area (Å²) in [5.41, 5.74) is 0.284. The molecule has 2 aromatic rings. The Bertz CT molecular complexity index is 543. The largest absolute Gasteiger partial charge is 0.619 e. The van der Waals surface area contributed by atoms with Gasteiger partial charge in [0, 0.05) is 16.7 Å². The molecule has 0 saturated carbocycles. The first-order chi connectivity index (χ1) is 8.15. The molecule has 0 aliphatic heterocycles. The van der Waals surface area contributed by atoms with Gasteiger partial charge < -0.3 is 10.5 Å². The molecular weight excluding hydrogens is 286 g/mol. The Kier molecular flexibility index (Phi) is 3.34. The molecule has 0 aromatic carbocycles. The van der Waals surface area contributed by atoms with E-state index in [4.69, 9.17) is 0 Å². The Morgan fingerprint density at radius 3 is 2.88 bits per heavy atom. The van der Waals surface area contributed by atoms with E-state index < -0.39 is 0 Å². The monoisotopic (exact) mass is 293 g/mol. The number of nitrogens with one attached hydrogen (secondary N) is 1. The van der Waals surface area contributed by atoms with E-state index in [-0.39, 0.29) is 11.5 Å². The molecule has 0 atom stereocenters. The Morgan fingerprint density at radius 1 is 1.41 bits per heavy atom. The first-order valence-corrected chi connectivity index (χ1v) is 5.56. The van der Waals surface area contributed by atoms with Crippen molar-refractivity contribution in [2.45, 2.75) is 0 Å². The van der Waals surface area contributed by atoms with Crippen LogP contribution in [0.15, 0.2) is 47.3 Å². The molecule has 2 aromatic heterocycles. The molecule has 0 fully saturated rings. The SMILES string of the molecule is O=C(Nc1ccc(Br)cn1)c1ccc[n+]([O-])c1. The van der Waals surface area contributed by atoms with Crippen molar-refractivity contribution in [3.63, 3.8) is 0 Å². The minimum Gasteiger partial charge on any atom is -0.619 e. The highest BCUT2D eigenvalue weighted by Crippen LogP contribution is 2.11. The van der Waals surface area contributed by atoms with E-state index in [1.807, 2.05) is 0 Å². The van der Waals surface area contributed by atoms with Gasteiger partial charge in [-0.25, -0.2) is 4.98 Å². The van der Waals surface area contributed by atoms with Crippen molar-refractivity contribution in [3.8, 4) is 0 Å². The molecule has 0 aliphatic rings. The molecule has 5 nitrogen and oxygen atoms in total. The Hall–Kier alpha value is -1.95. The second kappa shape index (κ2) is 4.92. The van der Waals surface area contributed by atoms with Crippen LogP contribution in [0.3, 0.4) is 0 Å². The first kappa shape index (κ1) is 11.5. The normalized spacial score (nSPS) is 9.94. The zero-order chi connectivity index (χ0) is 12.3. The van der Waals surface area contributed by atoms with Crippen molar-refractivity contribution in [2.24, 2.45) is 0 Å². The van der Waals surface area contributed by atoms with Crippen molar-refractivity contribution in [1.82, 2.24) is 4.98 Å². The van der Waals surface area contributed by atoms with Crippen molar-refractivity contribution < 1.29 is 9.52 Å². The molecule has 1 N–H and O–H groups in total. The average molecular weight is 294 g/mol. The minimum absolute atomic E-state index is 0.284. The van der Waals surface area contributed by atoms with Crippen molar-refractivity contribution in [3.05, 3.63) is 58.1 Å². The van der Waals surface area contributed by atoms with Crippen LogP contribution >= 0.6 is 15.9 Å². The van der Waals surface area contributed by atoms with Crippen molar-refractivity contribution >= 4 is 27.7 Å². The van der Waals surface area contributed by atoms with E-state index in [9.17, 15) is 10.0 Å². The molecule has 0 radical (unpaired) electrons. The predicted molar refractivity (Wildman–Crippen MR) is 65.3 cm³/mol. The number of aromatic nitrogens is 2. The summed E-state index contributed by atoms with van der Waals surface area (Å²) in [5.74, 6) is 0.0597. The van der Waals surface area contributed by atoms with Gasteiger partial charge in [0.2, 0.25) is 0 Å². The lowest BCUT2D eigenvalue weighted by Gasteiger charge is -2.03. The van der Waals surface area contributed by atoms with Gasteiger partial charge in [0.1, 0.15) is 11.4 Å². The summed E-state index contributed by atoms with van der Waals surface area (Å²) in [6.07, 6.45) is 4.09. The van der Waals surface area contributed by atoms with Gasteiger partial charge in [0.05, 0.1) is 0 Å². The molecule has 0 bridgehead atoms. The van der Waals surface area contributed by atoms with E-state index in [0.29, 0.717) is 10.5 Å². The highest BCUT2D eigenvalue weighted by molar-refractivity contribution is 9.10. The van der Waals surface area contributed by atoms with Crippen LogP contribution in [0.4, 0.5) is 5.82 Å². The molecule has 6 heteroatoms. The zero-order valence-electron chi connectivity index (χ0n) is 8.63. The van der Waals surface area contributed by atoms with Crippen LogP contribution in [0.2, 0.25) is 0 Å². The maximum Gasteiger partial charge on any atom is 0.262 e. The molecule has 86 valence electrons. The number of nitrogens with zero attached hydrogens (tertiary/aromatic N) is 2. The molecule has 2 rings (SSSR count). The second-order valence-corrected chi connectivity index (χ2v) is 4.18. The number of hydrogen-bond donors (Lipinski definition) is 1. The number of halogens is 1. The third-order valence-electron chi connectivity index (χ3n) is 2.01. The van der Waals surface area contributed by atoms with Gasteiger partial charge in [-0.05, 0) is 34.1 Å². The minimum atomic E-state index is -0.370. The lowest BCUT2D eigenvalue weighted by Crippen LogP contribution is -2.27. The van der Waals surface area contributed by atoms with Gasteiger partial charge in [-0.2, -0.15) is 4.73 Å².